The lowest BCUT2D eigenvalue weighted by Gasteiger charge is -2.59. The van der Waals surface area contributed by atoms with Gasteiger partial charge in [0, 0.05) is 18.3 Å². The summed E-state index contributed by atoms with van der Waals surface area (Å²) in [6.07, 6.45) is -2.74. The molecule has 2 aliphatic heterocycles. The smallest absolute Gasteiger partial charge is 0.315 e. The largest absolute Gasteiger partial charge is 0.461 e. The molecule has 5 fully saturated rings. The lowest BCUT2D eigenvalue weighted by molar-refractivity contribution is -0.253. The molecule has 0 aromatic rings. The Morgan fingerprint density at radius 2 is 1.78 bits per heavy atom. The Labute approximate surface area is 157 Å². The molecule has 0 radical (unpaired) electrons. The van der Waals surface area contributed by atoms with Crippen LogP contribution in [0.15, 0.2) is 12.2 Å². The number of esters is 2. The highest BCUT2D eigenvalue weighted by Gasteiger charge is 2.74. The third-order valence-corrected chi connectivity index (χ3v) is 8.43. The molecule has 0 aromatic heterocycles. The molecule has 5 aliphatic rings. The van der Waals surface area contributed by atoms with Crippen LogP contribution in [0.1, 0.15) is 33.1 Å². The summed E-state index contributed by atoms with van der Waals surface area (Å²) in [7, 11) is 0. The van der Waals surface area contributed by atoms with E-state index in [1.807, 2.05) is 13.8 Å². The summed E-state index contributed by atoms with van der Waals surface area (Å²) in [5.41, 5.74) is -1.37. The molecule has 0 amide bonds. The highest BCUT2D eigenvalue weighted by molar-refractivity contribution is 5.84. The predicted octanol–water partition coefficient (Wildman–Crippen LogP) is 0.370. The fourth-order valence-corrected chi connectivity index (χ4v) is 7.05. The number of hydrogen-bond acceptors (Lipinski definition) is 7. The monoisotopic (exact) mass is 378 g/mol. The van der Waals surface area contributed by atoms with Gasteiger partial charge in [-0.05, 0) is 35.7 Å². The molecule has 3 saturated carbocycles. The van der Waals surface area contributed by atoms with Crippen LogP contribution in [0.4, 0.5) is 0 Å². The molecule has 2 heterocycles. The van der Waals surface area contributed by atoms with Crippen molar-refractivity contribution in [2.75, 3.05) is 0 Å². The normalized spacial score (nSPS) is 55.3. The Hall–Kier alpha value is -1.44. The number of aliphatic hydroxyl groups is 3. The van der Waals surface area contributed by atoms with E-state index in [1.54, 1.807) is 0 Å². The van der Waals surface area contributed by atoms with Gasteiger partial charge in [0.25, 0.3) is 0 Å². The van der Waals surface area contributed by atoms with Crippen molar-refractivity contribution < 1.29 is 34.4 Å². The quantitative estimate of drug-likeness (QED) is 0.412. The van der Waals surface area contributed by atoms with Crippen molar-refractivity contribution in [2.45, 2.75) is 57.7 Å². The van der Waals surface area contributed by atoms with Gasteiger partial charge in [-0.1, -0.05) is 20.4 Å². The third-order valence-electron chi connectivity index (χ3n) is 8.43. The molecule has 7 heteroatoms. The Morgan fingerprint density at radius 3 is 2.48 bits per heavy atom. The Morgan fingerprint density at radius 1 is 1.07 bits per heavy atom. The zero-order valence-electron chi connectivity index (χ0n) is 15.5. The van der Waals surface area contributed by atoms with Crippen LogP contribution < -0.4 is 0 Å². The standard InChI is InChI=1S/C20H26O7/c1-7-8-4-9-13-12-10(26-18(25)20(13,6-8)15(7)22)5-11(21)19(2,3)14(12)17(24)27-16(9)23/h8-15,17,21-22,24H,1,4-6H2,2-3H3/t8-,9+,10+,11+,12?,13+,14-,15-,17-,20+/m1/s1. The van der Waals surface area contributed by atoms with E-state index in [2.05, 4.69) is 6.58 Å². The van der Waals surface area contributed by atoms with E-state index in [0.29, 0.717) is 18.4 Å². The van der Waals surface area contributed by atoms with Crippen LogP contribution >= 0.6 is 0 Å². The van der Waals surface area contributed by atoms with Crippen LogP contribution in [0.25, 0.3) is 0 Å². The van der Waals surface area contributed by atoms with Gasteiger partial charge >= 0.3 is 11.9 Å². The van der Waals surface area contributed by atoms with Crippen LogP contribution in [0, 0.1) is 40.4 Å². The van der Waals surface area contributed by atoms with Crippen LogP contribution in [0.3, 0.4) is 0 Å². The van der Waals surface area contributed by atoms with E-state index in [0.717, 1.165) is 0 Å². The highest BCUT2D eigenvalue weighted by Crippen LogP contribution is 2.68. The first-order valence-electron chi connectivity index (χ1n) is 9.75. The number of fused-ring (bicyclic) bond motifs is 1. The molecule has 7 nitrogen and oxygen atoms in total. The van der Waals surface area contributed by atoms with E-state index in [-0.39, 0.29) is 18.3 Å². The molecule has 3 aliphatic carbocycles. The Kier molecular flexibility index (Phi) is 3.35. The SMILES string of the molecule is C=C1[C@@H]2C[C@@H]3C(=O)O[C@@H](O)[C@H]4C5[C@H](C[C@H](O)C4(C)C)OC(=O)[C@](C2)([C@@H]1O)[C@H]53. The minimum absolute atomic E-state index is 0.145. The molecule has 27 heavy (non-hydrogen) atoms. The molecule has 1 unspecified atom stereocenters. The maximum absolute atomic E-state index is 13.1. The summed E-state index contributed by atoms with van der Waals surface area (Å²) in [6, 6.07) is 0. The number of hydrogen-bond donors (Lipinski definition) is 3. The minimum atomic E-state index is -1.38. The van der Waals surface area contributed by atoms with E-state index in [4.69, 9.17) is 9.47 Å². The topological polar surface area (TPSA) is 113 Å². The number of aliphatic hydroxyl groups excluding tert-OH is 3. The first-order valence-corrected chi connectivity index (χ1v) is 9.75. The average Bonchev–Trinajstić information content (AvgIpc) is 2.71. The summed E-state index contributed by atoms with van der Waals surface area (Å²) >= 11 is 0. The van der Waals surface area contributed by atoms with Crippen molar-refractivity contribution in [3.8, 4) is 0 Å². The zero-order valence-corrected chi connectivity index (χ0v) is 15.5. The first kappa shape index (κ1) is 17.6. The van der Waals surface area contributed by atoms with E-state index in [1.165, 1.54) is 0 Å². The van der Waals surface area contributed by atoms with Crippen molar-refractivity contribution in [3.05, 3.63) is 12.2 Å². The van der Waals surface area contributed by atoms with Gasteiger partial charge < -0.3 is 24.8 Å². The van der Waals surface area contributed by atoms with Crippen LogP contribution in [-0.4, -0.2) is 51.9 Å². The predicted molar refractivity (Wildman–Crippen MR) is 90.6 cm³/mol. The molecule has 5 rings (SSSR count). The van der Waals surface area contributed by atoms with Gasteiger partial charge in [-0.15, -0.1) is 0 Å². The molecular weight excluding hydrogens is 352 g/mol. The van der Waals surface area contributed by atoms with Crippen molar-refractivity contribution in [3.63, 3.8) is 0 Å². The number of cyclic esters (lactones) is 1. The highest BCUT2D eigenvalue weighted by atomic mass is 16.6. The second kappa shape index (κ2) is 5.13. The lowest BCUT2D eigenvalue weighted by atomic mass is 9.48. The number of ether oxygens (including phenoxy) is 2. The minimum Gasteiger partial charge on any atom is -0.461 e. The van der Waals surface area contributed by atoms with Crippen LogP contribution in [0.2, 0.25) is 0 Å². The Bertz CT molecular complexity index is 745. The van der Waals surface area contributed by atoms with Gasteiger partial charge in [-0.2, -0.15) is 0 Å². The zero-order chi connectivity index (χ0) is 19.5. The Balaban J connectivity index is 1.74. The van der Waals surface area contributed by atoms with Crippen molar-refractivity contribution in [2.24, 2.45) is 40.4 Å². The summed E-state index contributed by atoms with van der Waals surface area (Å²) in [6.45, 7) is 7.67. The maximum Gasteiger partial charge on any atom is 0.315 e. The summed E-state index contributed by atoms with van der Waals surface area (Å²) in [5, 5.41) is 32.4. The van der Waals surface area contributed by atoms with Gasteiger partial charge in [0.2, 0.25) is 6.29 Å². The molecule has 0 aromatic carbocycles. The van der Waals surface area contributed by atoms with E-state index < -0.39 is 65.1 Å². The van der Waals surface area contributed by atoms with E-state index >= 15 is 0 Å². The number of rotatable bonds is 0. The molecule has 3 N–H and O–H groups in total. The van der Waals surface area contributed by atoms with E-state index in [9.17, 15) is 24.9 Å². The van der Waals surface area contributed by atoms with Crippen LogP contribution in [-0.2, 0) is 19.1 Å². The van der Waals surface area contributed by atoms with Crippen molar-refractivity contribution in [1.29, 1.82) is 0 Å². The number of carbonyl (C=O) groups excluding carboxylic acids is 2. The molecule has 2 saturated heterocycles. The van der Waals surface area contributed by atoms with Crippen LogP contribution in [0.5, 0.6) is 0 Å². The second-order valence-electron chi connectivity index (χ2n) is 9.73. The third kappa shape index (κ3) is 1.88. The molecule has 1 spiro atoms. The van der Waals surface area contributed by atoms with Gasteiger partial charge in [-0.25, -0.2) is 0 Å². The summed E-state index contributed by atoms with van der Waals surface area (Å²) in [4.78, 5) is 26.0. The first-order chi connectivity index (χ1) is 12.6. The van der Waals surface area contributed by atoms with Crippen molar-refractivity contribution >= 4 is 11.9 Å². The molecule has 10 atom stereocenters. The fourth-order valence-electron chi connectivity index (χ4n) is 7.05. The summed E-state index contributed by atoms with van der Waals surface area (Å²) in [5.74, 6) is -3.23. The summed E-state index contributed by atoms with van der Waals surface area (Å²) < 4.78 is 11.2. The lowest BCUT2D eigenvalue weighted by Crippen LogP contribution is -2.66. The molecule has 148 valence electrons. The molecular formula is C20H26O7. The van der Waals surface area contributed by atoms with Crippen molar-refractivity contribution in [1.82, 2.24) is 0 Å². The van der Waals surface area contributed by atoms with Gasteiger partial charge in [0.05, 0.1) is 18.1 Å². The van der Waals surface area contributed by atoms with Gasteiger partial charge in [0.1, 0.15) is 11.5 Å². The average molecular weight is 378 g/mol. The number of carbonyl (C=O) groups is 2. The fraction of sp³-hybridized carbons (Fsp3) is 0.800. The molecule has 2 bridgehead atoms. The second-order valence-corrected chi connectivity index (χ2v) is 9.73. The van der Waals surface area contributed by atoms with Gasteiger partial charge in [0.15, 0.2) is 0 Å². The van der Waals surface area contributed by atoms with Gasteiger partial charge in [-0.3, -0.25) is 9.59 Å². The maximum atomic E-state index is 13.1.